The first-order valence-electron chi connectivity index (χ1n) is 9.91. The SMILES string of the molecule is COc1ccc(-c2cc(N3CCN(C(=O)c4cc([N+](=O)[O-])ccc4Cl)CC3)ncn2)cc1. The number of benzene rings is 2. The second-order valence-electron chi connectivity index (χ2n) is 7.19. The van der Waals surface area contributed by atoms with E-state index in [1.165, 1.54) is 24.5 Å². The summed E-state index contributed by atoms with van der Waals surface area (Å²) in [6, 6.07) is 13.4. The molecule has 32 heavy (non-hydrogen) atoms. The van der Waals surface area contributed by atoms with Crippen LogP contribution in [0.4, 0.5) is 11.5 Å². The number of nitrogens with zero attached hydrogens (tertiary/aromatic N) is 5. The van der Waals surface area contributed by atoms with Crippen molar-refractivity contribution in [3.63, 3.8) is 0 Å². The van der Waals surface area contributed by atoms with Gasteiger partial charge in [-0.15, -0.1) is 0 Å². The maximum absolute atomic E-state index is 12.9. The summed E-state index contributed by atoms with van der Waals surface area (Å²) >= 11 is 6.13. The topological polar surface area (TPSA) is 102 Å². The van der Waals surface area contributed by atoms with Crippen LogP contribution in [0.5, 0.6) is 5.75 Å². The molecule has 1 aromatic heterocycles. The van der Waals surface area contributed by atoms with Crippen LogP contribution >= 0.6 is 11.6 Å². The maximum Gasteiger partial charge on any atom is 0.270 e. The molecule has 164 valence electrons. The number of carbonyl (C=O) groups is 1. The Labute approximate surface area is 189 Å². The highest BCUT2D eigenvalue weighted by Crippen LogP contribution is 2.26. The Morgan fingerprint density at radius 2 is 1.78 bits per heavy atom. The van der Waals surface area contributed by atoms with E-state index in [9.17, 15) is 14.9 Å². The number of hydrogen-bond donors (Lipinski definition) is 0. The fourth-order valence-corrected chi connectivity index (χ4v) is 3.74. The lowest BCUT2D eigenvalue weighted by atomic mass is 10.1. The minimum Gasteiger partial charge on any atom is -0.497 e. The highest BCUT2D eigenvalue weighted by molar-refractivity contribution is 6.33. The molecule has 0 bridgehead atoms. The molecule has 4 rings (SSSR count). The quantitative estimate of drug-likeness (QED) is 0.429. The average molecular weight is 454 g/mol. The molecule has 1 fully saturated rings. The molecule has 9 nitrogen and oxygen atoms in total. The smallest absolute Gasteiger partial charge is 0.270 e. The van der Waals surface area contributed by atoms with Crippen molar-refractivity contribution in [2.24, 2.45) is 0 Å². The van der Waals surface area contributed by atoms with Gasteiger partial charge in [-0.25, -0.2) is 9.97 Å². The Morgan fingerprint density at radius 3 is 2.44 bits per heavy atom. The molecule has 2 heterocycles. The van der Waals surface area contributed by atoms with Gasteiger partial charge in [0.2, 0.25) is 0 Å². The summed E-state index contributed by atoms with van der Waals surface area (Å²) in [6.07, 6.45) is 1.52. The molecule has 0 N–H and O–H groups in total. The lowest BCUT2D eigenvalue weighted by molar-refractivity contribution is -0.384. The normalized spacial score (nSPS) is 13.7. The van der Waals surface area contributed by atoms with Crippen molar-refractivity contribution in [1.29, 1.82) is 0 Å². The number of halogens is 1. The number of non-ortho nitro benzene ring substituents is 1. The zero-order valence-electron chi connectivity index (χ0n) is 17.3. The number of nitro groups is 1. The van der Waals surface area contributed by atoms with Gasteiger partial charge >= 0.3 is 0 Å². The molecule has 10 heteroatoms. The van der Waals surface area contributed by atoms with Crippen molar-refractivity contribution in [3.8, 4) is 17.0 Å². The molecule has 0 saturated carbocycles. The summed E-state index contributed by atoms with van der Waals surface area (Å²) in [7, 11) is 1.62. The standard InChI is InChI=1S/C22H20ClN5O4/c1-32-17-5-2-15(3-6-17)20-13-21(25-14-24-20)26-8-10-27(11-9-26)22(29)18-12-16(28(30)31)4-7-19(18)23/h2-7,12-14H,8-11H2,1H3. The van der Waals surface area contributed by atoms with Crippen molar-refractivity contribution >= 4 is 29.0 Å². The number of carbonyl (C=O) groups excluding carboxylic acids is 1. The first-order chi connectivity index (χ1) is 15.5. The lowest BCUT2D eigenvalue weighted by Crippen LogP contribution is -2.49. The van der Waals surface area contributed by atoms with E-state index in [0.717, 1.165) is 22.8 Å². The fourth-order valence-electron chi connectivity index (χ4n) is 3.54. The van der Waals surface area contributed by atoms with Gasteiger partial charge in [0.05, 0.1) is 28.3 Å². The van der Waals surface area contributed by atoms with E-state index < -0.39 is 4.92 Å². The molecule has 0 aliphatic carbocycles. The van der Waals surface area contributed by atoms with Crippen LogP contribution < -0.4 is 9.64 Å². The van der Waals surface area contributed by atoms with Gasteiger partial charge in [0.25, 0.3) is 11.6 Å². The molecular formula is C22H20ClN5O4. The molecule has 1 aliphatic heterocycles. The van der Waals surface area contributed by atoms with Crippen molar-refractivity contribution in [3.05, 3.63) is 75.6 Å². The Morgan fingerprint density at radius 1 is 1.06 bits per heavy atom. The van der Waals surface area contributed by atoms with Crippen LogP contribution in [0.25, 0.3) is 11.3 Å². The van der Waals surface area contributed by atoms with Crippen LogP contribution in [0.1, 0.15) is 10.4 Å². The number of methoxy groups -OCH3 is 1. The first kappa shape index (κ1) is 21.5. The third-order valence-electron chi connectivity index (χ3n) is 5.32. The number of nitro benzene ring substituents is 1. The number of rotatable bonds is 5. The van der Waals surface area contributed by atoms with Crippen molar-refractivity contribution in [1.82, 2.24) is 14.9 Å². The van der Waals surface area contributed by atoms with Crippen LogP contribution in [0.3, 0.4) is 0 Å². The molecule has 1 amide bonds. The molecule has 3 aromatic rings. The number of hydrogen-bond acceptors (Lipinski definition) is 7. The van der Waals surface area contributed by atoms with Gasteiger partial charge in [-0.05, 0) is 30.3 Å². The molecule has 2 aromatic carbocycles. The van der Waals surface area contributed by atoms with Crippen LogP contribution in [-0.2, 0) is 0 Å². The van der Waals surface area contributed by atoms with Crippen molar-refractivity contribution in [2.75, 3.05) is 38.2 Å². The molecule has 0 radical (unpaired) electrons. The third kappa shape index (κ3) is 4.47. The largest absolute Gasteiger partial charge is 0.497 e. The molecule has 1 saturated heterocycles. The molecular weight excluding hydrogens is 434 g/mol. The van der Waals surface area contributed by atoms with Gasteiger partial charge in [0, 0.05) is 49.9 Å². The summed E-state index contributed by atoms with van der Waals surface area (Å²) in [5, 5.41) is 11.2. The van der Waals surface area contributed by atoms with Crippen LogP contribution in [-0.4, -0.2) is 59.0 Å². The highest BCUT2D eigenvalue weighted by Gasteiger charge is 2.26. The summed E-state index contributed by atoms with van der Waals surface area (Å²) in [5.41, 5.74) is 1.71. The van der Waals surface area contributed by atoms with Crippen molar-refractivity contribution < 1.29 is 14.5 Å². The predicted octanol–water partition coefficient (Wildman–Crippen LogP) is 3.68. The molecule has 0 unspecified atom stereocenters. The fraction of sp³-hybridized carbons (Fsp3) is 0.227. The van der Waals surface area contributed by atoms with Gasteiger partial charge in [-0.3, -0.25) is 14.9 Å². The minimum atomic E-state index is -0.541. The Bertz CT molecular complexity index is 1150. The van der Waals surface area contributed by atoms with E-state index in [-0.39, 0.29) is 22.2 Å². The van der Waals surface area contributed by atoms with E-state index in [1.54, 1.807) is 12.0 Å². The monoisotopic (exact) mass is 453 g/mol. The van der Waals surface area contributed by atoms with Gasteiger partial charge in [0.1, 0.15) is 17.9 Å². The number of ether oxygens (including phenoxy) is 1. The second-order valence-corrected chi connectivity index (χ2v) is 7.60. The maximum atomic E-state index is 12.9. The molecule has 0 spiro atoms. The van der Waals surface area contributed by atoms with Gasteiger partial charge in [-0.2, -0.15) is 0 Å². The predicted molar refractivity (Wildman–Crippen MR) is 120 cm³/mol. The van der Waals surface area contributed by atoms with E-state index in [1.807, 2.05) is 30.3 Å². The van der Waals surface area contributed by atoms with Gasteiger partial charge in [0.15, 0.2) is 0 Å². The summed E-state index contributed by atoms with van der Waals surface area (Å²) in [4.78, 5) is 35.9. The summed E-state index contributed by atoms with van der Waals surface area (Å²) < 4.78 is 5.20. The van der Waals surface area contributed by atoms with Gasteiger partial charge in [-0.1, -0.05) is 11.6 Å². The number of piperazine rings is 1. The Hall–Kier alpha value is -3.72. The van der Waals surface area contributed by atoms with Crippen molar-refractivity contribution in [2.45, 2.75) is 0 Å². The van der Waals surface area contributed by atoms with E-state index >= 15 is 0 Å². The van der Waals surface area contributed by atoms with Crippen LogP contribution in [0, 0.1) is 10.1 Å². The second kappa shape index (κ2) is 9.19. The Kier molecular flexibility index (Phi) is 6.18. The summed E-state index contributed by atoms with van der Waals surface area (Å²) in [6.45, 7) is 2.02. The number of anilines is 1. The lowest BCUT2D eigenvalue weighted by Gasteiger charge is -2.35. The number of amides is 1. The number of aromatic nitrogens is 2. The van der Waals surface area contributed by atoms with E-state index in [4.69, 9.17) is 16.3 Å². The first-order valence-corrected chi connectivity index (χ1v) is 10.3. The Balaban J connectivity index is 1.45. The zero-order chi connectivity index (χ0) is 22.7. The summed E-state index contributed by atoms with van der Waals surface area (Å²) in [5.74, 6) is 1.22. The van der Waals surface area contributed by atoms with Crippen LogP contribution in [0.2, 0.25) is 5.02 Å². The molecule has 0 atom stereocenters. The van der Waals surface area contributed by atoms with Crippen LogP contribution in [0.15, 0.2) is 54.9 Å². The zero-order valence-corrected chi connectivity index (χ0v) is 18.0. The highest BCUT2D eigenvalue weighted by atomic mass is 35.5. The van der Waals surface area contributed by atoms with E-state index in [2.05, 4.69) is 14.9 Å². The minimum absolute atomic E-state index is 0.137. The third-order valence-corrected chi connectivity index (χ3v) is 5.65. The molecule has 1 aliphatic rings. The average Bonchev–Trinajstić information content (AvgIpc) is 2.84. The van der Waals surface area contributed by atoms with E-state index in [0.29, 0.717) is 26.2 Å². The van der Waals surface area contributed by atoms with Gasteiger partial charge < -0.3 is 14.5 Å².